The molecule has 0 bridgehead atoms. The minimum Gasteiger partial charge on any atom is -0.406 e. The molecule has 0 spiro atoms. The van der Waals surface area contributed by atoms with E-state index in [0.29, 0.717) is 21.5 Å². The van der Waals surface area contributed by atoms with Gasteiger partial charge in [-0.2, -0.15) is 4.37 Å². The molecule has 0 aliphatic heterocycles. The quantitative estimate of drug-likeness (QED) is 0.489. The third kappa shape index (κ3) is 2.60. The number of rotatable bonds is 3. The summed E-state index contributed by atoms with van der Waals surface area (Å²) in [5, 5.41) is 0.485. The number of carbonyl (C=O) groups is 1. The van der Waals surface area contributed by atoms with Gasteiger partial charge >= 0.3 is 5.97 Å². The van der Waals surface area contributed by atoms with Crippen molar-refractivity contribution in [3.05, 3.63) is 52.7 Å². The highest BCUT2D eigenvalue weighted by atomic mass is 32.1. The van der Waals surface area contributed by atoms with Crippen LogP contribution < -0.4 is 10.2 Å². The molecule has 1 saturated carbocycles. The highest BCUT2D eigenvalue weighted by molar-refractivity contribution is 7.13. The van der Waals surface area contributed by atoms with Crippen molar-refractivity contribution in [1.82, 2.24) is 13.9 Å². The SMILES string of the molecule is CC(=O)Oc1nsc2c1c(=O)c1cc(F)c(-c3ccncc3)cc1n2C1CC1. The Morgan fingerprint density at radius 2 is 2.04 bits per heavy atom. The van der Waals surface area contributed by atoms with Crippen LogP contribution >= 0.6 is 11.5 Å². The molecule has 8 heteroatoms. The number of aromatic nitrogens is 3. The first-order chi connectivity index (χ1) is 13.5. The van der Waals surface area contributed by atoms with E-state index in [9.17, 15) is 14.0 Å². The number of esters is 1. The standard InChI is InChI=1S/C20H14FN3O3S/c1-10(25)27-19-17-18(26)14-8-15(21)13(11-4-6-22-7-5-11)9-16(14)24(12-2-3-12)20(17)28-23-19/h4-9,12H,2-3H2,1H3. The number of halogens is 1. The Balaban J connectivity index is 1.88. The van der Waals surface area contributed by atoms with Gasteiger partial charge in [-0.1, -0.05) is 0 Å². The highest BCUT2D eigenvalue weighted by Crippen LogP contribution is 2.42. The second kappa shape index (κ2) is 6.20. The lowest BCUT2D eigenvalue weighted by molar-refractivity contribution is -0.132. The van der Waals surface area contributed by atoms with Crippen LogP contribution in [0.25, 0.3) is 32.2 Å². The molecular weight excluding hydrogens is 381 g/mol. The Bertz CT molecular complexity index is 1310. The summed E-state index contributed by atoms with van der Waals surface area (Å²) >= 11 is 1.12. The topological polar surface area (TPSA) is 74.1 Å². The number of benzene rings is 1. The molecular formula is C20H14FN3O3S. The monoisotopic (exact) mass is 395 g/mol. The van der Waals surface area contributed by atoms with Crippen molar-refractivity contribution in [3.8, 4) is 17.0 Å². The molecule has 6 nitrogen and oxygen atoms in total. The summed E-state index contributed by atoms with van der Waals surface area (Å²) in [7, 11) is 0. The fourth-order valence-corrected chi connectivity index (χ4v) is 4.37. The summed E-state index contributed by atoms with van der Waals surface area (Å²) in [6.45, 7) is 1.26. The lowest BCUT2D eigenvalue weighted by atomic mass is 10.0. The van der Waals surface area contributed by atoms with Crippen LogP contribution in [0, 0.1) is 5.82 Å². The summed E-state index contributed by atoms with van der Waals surface area (Å²) in [6, 6.07) is 6.65. The summed E-state index contributed by atoms with van der Waals surface area (Å²) in [5.74, 6) is -1.05. The maximum Gasteiger partial charge on any atom is 0.309 e. The molecule has 5 rings (SSSR count). The van der Waals surface area contributed by atoms with Crippen molar-refractivity contribution in [2.75, 3.05) is 0 Å². The molecule has 28 heavy (non-hydrogen) atoms. The van der Waals surface area contributed by atoms with Gasteiger partial charge in [0, 0.05) is 36.3 Å². The number of ether oxygens (including phenoxy) is 1. The van der Waals surface area contributed by atoms with Crippen molar-refractivity contribution >= 4 is 38.6 Å². The van der Waals surface area contributed by atoms with Gasteiger partial charge in [-0.05, 0) is 54.2 Å². The Morgan fingerprint density at radius 3 is 2.71 bits per heavy atom. The van der Waals surface area contributed by atoms with Crippen molar-refractivity contribution < 1.29 is 13.9 Å². The molecule has 0 atom stereocenters. The van der Waals surface area contributed by atoms with E-state index in [1.807, 2.05) is 4.57 Å². The molecule has 3 heterocycles. The molecule has 0 N–H and O–H groups in total. The van der Waals surface area contributed by atoms with Crippen LogP contribution in [-0.2, 0) is 4.79 Å². The number of hydrogen-bond donors (Lipinski definition) is 0. The lowest BCUT2D eigenvalue weighted by Crippen LogP contribution is -2.12. The van der Waals surface area contributed by atoms with Crippen LogP contribution in [0.3, 0.4) is 0 Å². The van der Waals surface area contributed by atoms with Crippen LogP contribution in [0.2, 0.25) is 0 Å². The van der Waals surface area contributed by atoms with E-state index in [0.717, 1.165) is 24.4 Å². The van der Waals surface area contributed by atoms with Crippen molar-refractivity contribution in [2.24, 2.45) is 0 Å². The zero-order valence-electron chi connectivity index (χ0n) is 14.8. The molecule has 0 radical (unpaired) electrons. The van der Waals surface area contributed by atoms with E-state index in [2.05, 4.69) is 9.36 Å². The zero-order chi connectivity index (χ0) is 19.4. The average molecular weight is 395 g/mol. The van der Waals surface area contributed by atoms with Gasteiger partial charge in [0.2, 0.25) is 11.3 Å². The Morgan fingerprint density at radius 1 is 1.29 bits per heavy atom. The fourth-order valence-electron chi connectivity index (χ4n) is 3.47. The van der Waals surface area contributed by atoms with Crippen molar-refractivity contribution in [1.29, 1.82) is 0 Å². The molecule has 1 fully saturated rings. The number of hydrogen-bond acceptors (Lipinski definition) is 6. The van der Waals surface area contributed by atoms with Crippen LogP contribution in [0.4, 0.5) is 4.39 Å². The molecule has 1 aliphatic rings. The van der Waals surface area contributed by atoms with Gasteiger partial charge in [0.1, 0.15) is 16.0 Å². The summed E-state index contributed by atoms with van der Waals surface area (Å²) < 4.78 is 26.2. The predicted molar refractivity (Wildman–Crippen MR) is 104 cm³/mol. The molecule has 3 aromatic heterocycles. The summed E-state index contributed by atoms with van der Waals surface area (Å²) in [5.41, 5.74) is 1.38. The zero-order valence-corrected chi connectivity index (χ0v) is 15.6. The molecule has 1 aromatic carbocycles. The minimum atomic E-state index is -0.552. The van der Waals surface area contributed by atoms with E-state index in [4.69, 9.17) is 4.74 Å². The molecule has 1 aliphatic carbocycles. The summed E-state index contributed by atoms with van der Waals surface area (Å²) in [6.07, 6.45) is 5.14. The van der Waals surface area contributed by atoms with Gasteiger partial charge in [0.05, 0.1) is 5.52 Å². The highest BCUT2D eigenvalue weighted by Gasteiger charge is 2.30. The smallest absolute Gasteiger partial charge is 0.309 e. The van der Waals surface area contributed by atoms with Gasteiger partial charge < -0.3 is 9.30 Å². The molecule has 0 amide bonds. The first-order valence-electron chi connectivity index (χ1n) is 8.80. The van der Waals surface area contributed by atoms with Crippen LogP contribution in [-0.4, -0.2) is 19.9 Å². The van der Waals surface area contributed by atoms with Gasteiger partial charge in [-0.25, -0.2) is 4.39 Å². The Kier molecular flexibility index (Phi) is 3.77. The van der Waals surface area contributed by atoms with Crippen molar-refractivity contribution in [2.45, 2.75) is 25.8 Å². The molecule has 140 valence electrons. The number of carbonyl (C=O) groups excluding carboxylic acids is 1. The van der Waals surface area contributed by atoms with E-state index >= 15 is 0 Å². The molecule has 0 saturated heterocycles. The third-order valence-electron chi connectivity index (χ3n) is 4.82. The van der Waals surface area contributed by atoms with E-state index in [1.54, 1.807) is 30.6 Å². The maximum absolute atomic E-state index is 14.9. The van der Waals surface area contributed by atoms with Gasteiger partial charge in [0.15, 0.2) is 0 Å². The van der Waals surface area contributed by atoms with Gasteiger partial charge in [-0.3, -0.25) is 14.6 Å². The molecule has 0 unspecified atom stereocenters. The van der Waals surface area contributed by atoms with E-state index in [1.165, 1.54) is 13.0 Å². The average Bonchev–Trinajstić information content (AvgIpc) is 3.43. The number of nitrogens with zero attached hydrogens (tertiary/aromatic N) is 3. The minimum absolute atomic E-state index is 0.00702. The summed E-state index contributed by atoms with van der Waals surface area (Å²) in [4.78, 5) is 29.1. The van der Waals surface area contributed by atoms with Gasteiger partial charge in [0.25, 0.3) is 0 Å². The predicted octanol–water partition coefficient (Wildman–Crippen LogP) is 4.07. The fraction of sp³-hybridized carbons (Fsp3) is 0.200. The van der Waals surface area contributed by atoms with Crippen LogP contribution in [0.1, 0.15) is 25.8 Å². The van der Waals surface area contributed by atoms with E-state index < -0.39 is 11.8 Å². The maximum atomic E-state index is 14.9. The second-order valence-corrected chi connectivity index (χ2v) is 7.53. The van der Waals surface area contributed by atoms with E-state index in [-0.39, 0.29) is 28.1 Å². The van der Waals surface area contributed by atoms with Crippen molar-refractivity contribution in [3.63, 3.8) is 0 Å². The first-order valence-corrected chi connectivity index (χ1v) is 9.58. The first kappa shape index (κ1) is 17.0. The van der Waals surface area contributed by atoms with Crippen LogP contribution in [0.15, 0.2) is 41.5 Å². The number of fused-ring (bicyclic) bond motifs is 2. The third-order valence-corrected chi connectivity index (χ3v) is 5.65. The van der Waals surface area contributed by atoms with Crippen LogP contribution in [0.5, 0.6) is 5.88 Å². The largest absolute Gasteiger partial charge is 0.406 e. The van der Waals surface area contributed by atoms with Gasteiger partial charge in [-0.15, -0.1) is 0 Å². The second-order valence-electron chi connectivity index (χ2n) is 6.78. The number of pyridine rings is 2. The Hall–Kier alpha value is -3.13. The molecule has 4 aromatic rings. The lowest BCUT2D eigenvalue weighted by Gasteiger charge is -2.14. The normalized spacial score (nSPS) is 13.9. The Labute approximate surface area is 162 Å².